The summed E-state index contributed by atoms with van der Waals surface area (Å²) in [7, 11) is 3.49. The third-order valence-corrected chi connectivity index (χ3v) is 3.51. The number of hydrogen-bond acceptors (Lipinski definition) is 2. The standard InChI is InChI=1S/C17H17N3O/c1-12-4-7-14(8-5-12)20-11-18-15-10-13(6-9-16(15)20)17(21)19(2)3/h4-11H,1-3H3. The number of carbonyl (C=O) groups excluding carboxylic acids is 1. The molecule has 1 amide bonds. The topological polar surface area (TPSA) is 38.1 Å². The van der Waals surface area contributed by atoms with Gasteiger partial charge in [0.05, 0.1) is 11.0 Å². The van der Waals surface area contributed by atoms with E-state index in [1.54, 1.807) is 25.3 Å². The van der Waals surface area contributed by atoms with Crippen LogP contribution < -0.4 is 0 Å². The summed E-state index contributed by atoms with van der Waals surface area (Å²) in [6.07, 6.45) is 1.79. The third-order valence-electron chi connectivity index (χ3n) is 3.51. The number of hydrogen-bond donors (Lipinski definition) is 0. The molecule has 0 saturated heterocycles. The highest BCUT2D eigenvalue weighted by atomic mass is 16.2. The number of rotatable bonds is 2. The van der Waals surface area contributed by atoms with Crippen molar-refractivity contribution in [2.24, 2.45) is 0 Å². The fraction of sp³-hybridized carbons (Fsp3) is 0.176. The lowest BCUT2D eigenvalue weighted by atomic mass is 10.1. The predicted octanol–water partition coefficient (Wildman–Crippen LogP) is 3.04. The van der Waals surface area contributed by atoms with E-state index >= 15 is 0 Å². The van der Waals surface area contributed by atoms with Crippen molar-refractivity contribution in [2.75, 3.05) is 14.1 Å². The minimum atomic E-state index is -0.0122. The van der Waals surface area contributed by atoms with Gasteiger partial charge in [-0.2, -0.15) is 0 Å². The van der Waals surface area contributed by atoms with Crippen molar-refractivity contribution in [2.45, 2.75) is 6.92 Å². The monoisotopic (exact) mass is 279 g/mol. The molecule has 4 heteroatoms. The smallest absolute Gasteiger partial charge is 0.253 e. The van der Waals surface area contributed by atoms with Crippen LogP contribution in [0.15, 0.2) is 48.8 Å². The molecule has 0 radical (unpaired) electrons. The van der Waals surface area contributed by atoms with Crippen LogP contribution in [0, 0.1) is 6.92 Å². The minimum Gasteiger partial charge on any atom is -0.345 e. The van der Waals surface area contributed by atoms with Gasteiger partial charge in [-0.1, -0.05) is 17.7 Å². The number of amides is 1. The quantitative estimate of drug-likeness (QED) is 0.723. The summed E-state index contributed by atoms with van der Waals surface area (Å²) < 4.78 is 2.03. The van der Waals surface area contributed by atoms with Crippen LogP contribution in [0.5, 0.6) is 0 Å². The predicted molar refractivity (Wildman–Crippen MR) is 83.8 cm³/mol. The second kappa shape index (κ2) is 5.05. The van der Waals surface area contributed by atoms with Crippen LogP contribution in [-0.4, -0.2) is 34.5 Å². The number of nitrogens with zero attached hydrogens (tertiary/aromatic N) is 3. The minimum absolute atomic E-state index is 0.0122. The van der Waals surface area contributed by atoms with Crippen molar-refractivity contribution >= 4 is 16.9 Å². The molecule has 0 saturated carbocycles. The van der Waals surface area contributed by atoms with Gasteiger partial charge < -0.3 is 4.90 Å². The lowest BCUT2D eigenvalue weighted by Gasteiger charge is -2.10. The number of aryl methyl sites for hydroxylation is 1. The molecule has 3 rings (SSSR count). The van der Waals surface area contributed by atoms with Crippen LogP contribution in [0.1, 0.15) is 15.9 Å². The first-order chi connectivity index (χ1) is 10.1. The molecule has 0 spiro atoms. The first-order valence-electron chi connectivity index (χ1n) is 6.82. The van der Waals surface area contributed by atoms with Gasteiger partial charge in [0.25, 0.3) is 5.91 Å². The van der Waals surface area contributed by atoms with Crippen LogP contribution in [0.4, 0.5) is 0 Å². The highest BCUT2D eigenvalue weighted by molar-refractivity contribution is 5.97. The molecule has 0 bridgehead atoms. The lowest BCUT2D eigenvalue weighted by molar-refractivity contribution is 0.0828. The molecule has 4 nitrogen and oxygen atoms in total. The average molecular weight is 279 g/mol. The summed E-state index contributed by atoms with van der Waals surface area (Å²) in [5.74, 6) is -0.0122. The maximum Gasteiger partial charge on any atom is 0.253 e. The molecule has 0 aliphatic rings. The van der Waals surface area contributed by atoms with Gasteiger partial charge in [0.2, 0.25) is 0 Å². The van der Waals surface area contributed by atoms with Crippen LogP contribution in [0.25, 0.3) is 16.7 Å². The van der Waals surface area contributed by atoms with E-state index in [1.165, 1.54) is 5.56 Å². The van der Waals surface area contributed by atoms with Crippen LogP contribution in [0.3, 0.4) is 0 Å². The van der Waals surface area contributed by atoms with E-state index in [0.717, 1.165) is 16.7 Å². The normalized spacial score (nSPS) is 10.8. The van der Waals surface area contributed by atoms with Crippen molar-refractivity contribution in [3.8, 4) is 5.69 Å². The van der Waals surface area contributed by atoms with E-state index in [1.807, 2.05) is 22.8 Å². The van der Waals surface area contributed by atoms with Crippen molar-refractivity contribution in [3.05, 3.63) is 59.9 Å². The first-order valence-corrected chi connectivity index (χ1v) is 6.82. The Morgan fingerprint density at radius 2 is 1.81 bits per heavy atom. The largest absolute Gasteiger partial charge is 0.345 e. The average Bonchev–Trinajstić information content (AvgIpc) is 2.90. The molecule has 2 aromatic carbocycles. The Labute approximate surface area is 123 Å². The number of carbonyl (C=O) groups is 1. The van der Waals surface area contributed by atoms with E-state index in [9.17, 15) is 4.79 Å². The fourth-order valence-corrected chi connectivity index (χ4v) is 2.32. The number of benzene rings is 2. The Morgan fingerprint density at radius 1 is 1.10 bits per heavy atom. The summed E-state index contributed by atoms with van der Waals surface area (Å²) in [5.41, 5.74) is 4.76. The Hall–Kier alpha value is -2.62. The zero-order chi connectivity index (χ0) is 15.0. The van der Waals surface area contributed by atoms with E-state index in [2.05, 4.69) is 36.2 Å². The van der Waals surface area contributed by atoms with Gasteiger partial charge in [-0.15, -0.1) is 0 Å². The molecule has 0 fully saturated rings. The van der Waals surface area contributed by atoms with Gasteiger partial charge in [0.15, 0.2) is 0 Å². The molecular formula is C17H17N3O. The molecule has 3 aromatic rings. The maximum absolute atomic E-state index is 12.0. The van der Waals surface area contributed by atoms with Gasteiger partial charge in [0, 0.05) is 25.3 Å². The Morgan fingerprint density at radius 3 is 2.48 bits per heavy atom. The summed E-state index contributed by atoms with van der Waals surface area (Å²) in [6, 6.07) is 13.9. The molecule has 106 valence electrons. The van der Waals surface area contributed by atoms with E-state index in [0.29, 0.717) is 5.56 Å². The summed E-state index contributed by atoms with van der Waals surface area (Å²) >= 11 is 0. The van der Waals surface area contributed by atoms with Crippen molar-refractivity contribution in [1.82, 2.24) is 14.5 Å². The van der Waals surface area contributed by atoms with Gasteiger partial charge >= 0.3 is 0 Å². The van der Waals surface area contributed by atoms with Gasteiger partial charge in [-0.3, -0.25) is 9.36 Å². The fourth-order valence-electron chi connectivity index (χ4n) is 2.32. The molecule has 0 atom stereocenters. The van der Waals surface area contributed by atoms with Crippen molar-refractivity contribution < 1.29 is 4.79 Å². The van der Waals surface area contributed by atoms with Gasteiger partial charge in [-0.25, -0.2) is 4.98 Å². The SMILES string of the molecule is Cc1ccc(-n2cnc3cc(C(=O)N(C)C)ccc32)cc1. The van der Waals surface area contributed by atoms with Gasteiger partial charge in [-0.05, 0) is 37.3 Å². The Bertz CT molecular complexity index is 801. The summed E-state index contributed by atoms with van der Waals surface area (Å²) in [6.45, 7) is 2.06. The van der Waals surface area contributed by atoms with Crippen molar-refractivity contribution in [3.63, 3.8) is 0 Å². The highest BCUT2D eigenvalue weighted by Gasteiger charge is 2.11. The second-order valence-corrected chi connectivity index (χ2v) is 5.35. The molecule has 1 heterocycles. The molecule has 0 N–H and O–H groups in total. The van der Waals surface area contributed by atoms with Crippen molar-refractivity contribution in [1.29, 1.82) is 0 Å². The first kappa shape index (κ1) is 13.4. The Kier molecular flexibility index (Phi) is 3.22. The van der Waals surface area contributed by atoms with Crippen LogP contribution >= 0.6 is 0 Å². The molecule has 0 aliphatic carbocycles. The maximum atomic E-state index is 12.0. The zero-order valence-corrected chi connectivity index (χ0v) is 12.4. The van der Waals surface area contributed by atoms with Crippen LogP contribution in [0.2, 0.25) is 0 Å². The van der Waals surface area contributed by atoms with Gasteiger partial charge in [0.1, 0.15) is 6.33 Å². The van der Waals surface area contributed by atoms with E-state index in [4.69, 9.17) is 0 Å². The zero-order valence-electron chi connectivity index (χ0n) is 12.4. The third kappa shape index (κ3) is 2.40. The Balaban J connectivity index is 2.07. The lowest BCUT2D eigenvalue weighted by Crippen LogP contribution is -2.21. The van der Waals surface area contributed by atoms with Crippen LogP contribution in [-0.2, 0) is 0 Å². The highest BCUT2D eigenvalue weighted by Crippen LogP contribution is 2.20. The number of aromatic nitrogens is 2. The second-order valence-electron chi connectivity index (χ2n) is 5.35. The van der Waals surface area contributed by atoms with E-state index in [-0.39, 0.29) is 5.91 Å². The summed E-state index contributed by atoms with van der Waals surface area (Å²) in [5, 5.41) is 0. The number of imidazole rings is 1. The summed E-state index contributed by atoms with van der Waals surface area (Å²) in [4.78, 5) is 18.0. The molecular weight excluding hydrogens is 262 g/mol. The number of fused-ring (bicyclic) bond motifs is 1. The molecule has 0 unspecified atom stereocenters. The molecule has 21 heavy (non-hydrogen) atoms. The van der Waals surface area contributed by atoms with E-state index < -0.39 is 0 Å². The molecule has 1 aromatic heterocycles. The molecule has 0 aliphatic heterocycles.